The van der Waals surface area contributed by atoms with E-state index in [-0.39, 0.29) is 11.8 Å². The zero-order chi connectivity index (χ0) is 14.1. The molecule has 20 heavy (non-hydrogen) atoms. The molecule has 0 bridgehead atoms. The van der Waals surface area contributed by atoms with Crippen molar-refractivity contribution >= 4 is 0 Å². The molecule has 1 atom stereocenters. The van der Waals surface area contributed by atoms with Crippen molar-refractivity contribution in [2.75, 3.05) is 0 Å². The molecule has 102 valence electrons. The average Bonchev–Trinajstić information content (AvgIpc) is 3.06. The van der Waals surface area contributed by atoms with Gasteiger partial charge in [-0.2, -0.15) is 5.10 Å². The van der Waals surface area contributed by atoms with Gasteiger partial charge in [0.2, 0.25) is 0 Å². The molecule has 1 unspecified atom stereocenters. The summed E-state index contributed by atoms with van der Waals surface area (Å²) in [5, 5.41) is 13.8. The van der Waals surface area contributed by atoms with E-state index in [4.69, 9.17) is 0 Å². The van der Waals surface area contributed by atoms with E-state index in [1.807, 2.05) is 37.8 Å². The van der Waals surface area contributed by atoms with Gasteiger partial charge in [-0.05, 0) is 19.1 Å². The summed E-state index contributed by atoms with van der Waals surface area (Å²) in [7, 11) is 1.90. The van der Waals surface area contributed by atoms with E-state index in [0.29, 0.717) is 0 Å². The van der Waals surface area contributed by atoms with E-state index >= 15 is 0 Å². The van der Waals surface area contributed by atoms with Gasteiger partial charge in [-0.3, -0.25) is 4.68 Å². The maximum absolute atomic E-state index is 9.61. The molecule has 0 saturated carbocycles. The zero-order valence-corrected chi connectivity index (χ0v) is 11.4. The SMILES string of the molecule is CC(c1cnn(C)c1)n1ccnc1-c1cccc(O)c1. The molecule has 0 aliphatic carbocycles. The van der Waals surface area contributed by atoms with Crippen molar-refractivity contribution in [3.8, 4) is 17.1 Å². The van der Waals surface area contributed by atoms with Gasteiger partial charge in [-0.1, -0.05) is 12.1 Å². The van der Waals surface area contributed by atoms with Crippen LogP contribution in [-0.4, -0.2) is 24.4 Å². The monoisotopic (exact) mass is 268 g/mol. The number of aromatic hydroxyl groups is 1. The fourth-order valence-electron chi connectivity index (χ4n) is 2.31. The number of nitrogens with zero attached hydrogens (tertiary/aromatic N) is 4. The van der Waals surface area contributed by atoms with Gasteiger partial charge >= 0.3 is 0 Å². The van der Waals surface area contributed by atoms with E-state index in [1.165, 1.54) is 0 Å². The lowest BCUT2D eigenvalue weighted by Crippen LogP contribution is -2.06. The molecule has 0 spiro atoms. The first-order chi connectivity index (χ1) is 9.65. The van der Waals surface area contributed by atoms with Gasteiger partial charge < -0.3 is 9.67 Å². The molecule has 3 aromatic rings. The third-order valence-electron chi connectivity index (χ3n) is 3.40. The highest BCUT2D eigenvalue weighted by Crippen LogP contribution is 2.26. The largest absolute Gasteiger partial charge is 0.508 e. The first-order valence-corrected chi connectivity index (χ1v) is 6.46. The predicted molar refractivity (Wildman–Crippen MR) is 76.3 cm³/mol. The van der Waals surface area contributed by atoms with Crippen LogP contribution >= 0.6 is 0 Å². The molecule has 5 heteroatoms. The van der Waals surface area contributed by atoms with Crippen molar-refractivity contribution in [2.45, 2.75) is 13.0 Å². The molecule has 3 rings (SSSR count). The Morgan fingerprint density at radius 3 is 2.85 bits per heavy atom. The number of aryl methyl sites for hydroxylation is 1. The summed E-state index contributed by atoms with van der Waals surface area (Å²) in [6.45, 7) is 2.10. The minimum atomic E-state index is 0.128. The minimum Gasteiger partial charge on any atom is -0.508 e. The van der Waals surface area contributed by atoms with Crippen LogP contribution in [0.3, 0.4) is 0 Å². The lowest BCUT2D eigenvalue weighted by atomic mass is 10.1. The van der Waals surface area contributed by atoms with Gasteiger partial charge in [0, 0.05) is 36.8 Å². The molecular formula is C15H16N4O. The fraction of sp³-hybridized carbons (Fsp3) is 0.200. The quantitative estimate of drug-likeness (QED) is 0.794. The van der Waals surface area contributed by atoms with Gasteiger partial charge in [0.15, 0.2) is 0 Å². The van der Waals surface area contributed by atoms with Crippen LogP contribution in [0.25, 0.3) is 11.4 Å². The number of imidazole rings is 1. The van der Waals surface area contributed by atoms with E-state index in [9.17, 15) is 5.11 Å². The normalized spacial score (nSPS) is 12.5. The number of benzene rings is 1. The summed E-state index contributed by atoms with van der Waals surface area (Å²) < 4.78 is 3.86. The molecule has 1 N–H and O–H groups in total. The van der Waals surface area contributed by atoms with Crippen molar-refractivity contribution in [3.05, 3.63) is 54.6 Å². The summed E-state index contributed by atoms with van der Waals surface area (Å²) in [6, 6.07) is 7.26. The van der Waals surface area contributed by atoms with Crippen LogP contribution in [0.15, 0.2) is 49.1 Å². The third-order valence-corrected chi connectivity index (χ3v) is 3.40. The predicted octanol–water partition coefficient (Wildman–Crippen LogP) is 2.60. The third kappa shape index (κ3) is 2.18. The van der Waals surface area contributed by atoms with Crippen molar-refractivity contribution in [3.63, 3.8) is 0 Å². The van der Waals surface area contributed by atoms with Crippen LogP contribution in [0.5, 0.6) is 5.75 Å². The average molecular weight is 268 g/mol. The number of hydrogen-bond acceptors (Lipinski definition) is 3. The molecule has 2 aromatic heterocycles. The van der Waals surface area contributed by atoms with E-state index in [2.05, 4.69) is 21.6 Å². The van der Waals surface area contributed by atoms with Crippen LogP contribution in [0.4, 0.5) is 0 Å². The Morgan fingerprint density at radius 2 is 2.15 bits per heavy atom. The van der Waals surface area contributed by atoms with Crippen molar-refractivity contribution in [2.24, 2.45) is 7.05 Å². The number of aromatic nitrogens is 4. The number of hydrogen-bond donors (Lipinski definition) is 1. The number of phenols is 1. The van der Waals surface area contributed by atoms with Crippen LogP contribution < -0.4 is 0 Å². The Bertz CT molecular complexity index is 729. The summed E-state index contributed by atoms with van der Waals surface area (Å²) in [5.41, 5.74) is 2.01. The maximum atomic E-state index is 9.61. The second kappa shape index (κ2) is 4.85. The molecule has 0 fully saturated rings. The Kier molecular flexibility index (Phi) is 3.02. The van der Waals surface area contributed by atoms with Crippen LogP contribution in [0.2, 0.25) is 0 Å². The molecule has 1 aromatic carbocycles. The molecule has 5 nitrogen and oxygen atoms in total. The molecular weight excluding hydrogens is 252 g/mol. The molecule has 0 radical (unpaired) electrons. The van der Waals surface area contributed by atoms with Crippen molar-refractivity contribution < 1.29 is 5.11 Å². The van der Waals surface area contributed by atoms with Crippen LogP contribution in [0.1, 0.15) is 18.5 Å². The van der Waals surface area contributed by atoms with Crippen molar-refractivity contribution in [1.29, 1.82) is 0 Å². The minimum absolute atomic E-state index is 0.128. The second-order valence-corrected chi connectivity index (χ2v) is 4.83. The lowest BCUT2D eigenvalue weighted by molar-refractivity contribution is 0.475. The highest BCUT2D eigenvalue weighted by Gasteiger charge is 2.14. The molecule has 0 saturated heterocycles. The van der Waals surface area contributed by atoms with Gasteiger partial charge in [0.25, 0.3) is 0 Å². The second-order valence-electron chi connectivity index (χ2n) is 4.83. The number of phenolic OH excluding ortho intramolecular Hbond substituents is 1. The summed E-state index contributed by atoms with van der Waals surface area (Å²) in [4.78, 5) is 4.41. The zero-order valence-electron chi connectivity index (χ0n) is 11.4. The van der Waals surface area contributed by atoms with Gasteiger partial charge in [-0.15, -0.1) is 0 Å². The molecule has 0 amide bonds. The Labute approximate surface area is 117 Å². The molecule has 2 heterocycles. The maximum Gasteiger partial charge on any atom is 0.140 e. The van der Waals surface area contributed by atoms with Crippen LogP contribution in [0, 0.1) is 0 Å². The smallest absolute Gasteiger partial charge is 0.140 e. The van der Waals surface area contributed by atoms with E-state index < -0.39 is 0 Å². The highest BCUT2D eigenvalue weighted by molar-refractivity contribution is 5.58. The highest BCUT2D eigenvalue weighted by atomic mass is 16.3. The summed E-state index contributed by atoms with van der Waals surface area (Å²) in [6.07, 6.45) is 7.57. The summed E-state index contributed by atoms with van der Waals surface area (Å²) >= 11 is 0. The van der Waals surface area contributed by atoms with E-state index in [1.54, 1.807) is 23.0 Å². The van der Waals surface area contributed by atoms with E-state index in [0.717, 1.165) is 17.0 Å². The number of rotatable bonds is 3. The lowest BCUT2D eigenvalue weighted by Gasteiger charge is -2.15. The van der Waals surface area contributed by atoms with Crippen LogP contribution in [-0.2, 0) is 7.05 Å². The first-order valence-electron chi connectivity index (χ1n) is 6.46. The standard InChI is InChI=1S/C15H16N4O/c1-11(13-9-17-18(2)10-13)19-7-6-16-15(19)12-4-3-5-14(20)8-12/h3-11,20H,1-2H3. The Morgan fingerprint density at radius 1 is 1.30 bits per heavy atom. The van der Waals surface area contributed by atoms with Crippen molar-refractivity contribution in [1.82, 2.24) is 19.3 Å². The van der Waals surface area contributed by atoms with Gasteiger partial charge in [0.1, 0.15) is 11.6 Å². The topological polar surface area (TPSA) is 55.9 Å². The van der Waals surface area contributed by atoms with Gasteiger partial charge in [-0.25, -0.2) is 4.98 Å². The molecule has 0 aliphatic heterocycles. The Hall–Kier alpha value is -2.56. The summed E-state index contributed by atoms with van der Waals surface area (Å²) in [5.74, 6) is 1.07. The first kappa shape index (κ1) is 12.5. The molecule has 0 aliphatic rings. The Balaban J connectivity index is 2.02. The fourth-order valence-corrected chi connectivity index (χ4v) is 2.31. The van der Waals surface area contributed by atoms with Gasteiger partial charge in [0.05, 0.1) is 12.2 Å².